The lowest BCUT2D eigenvalue weighted by molar-refractivity contribution is -0.131. The van der Waals surface area contributed by atoms with Crippen LogP contribution >= 0.6 is 0 Å². The molecule has 0 aromatic heterocycles. The Balaban J connectivity index is 1.82. The summed E-state index contributed by atoms with van der Waals surface area (Å²) in [5.41, 5.74) is 0. The maximum atomic E-state index is 12.3. The Morgan fingerprint density at radius 2 is 1.94 bits per heavy atom. The van der Waals surface area contributed by atoms with Crippen LogP contribution in [0.2, 0.25) is 0 Å². The normalized spacial score (nSPS) is 30.1. The lowest BCUT2D eigenvalue weighted by Crippen LogP contribution is -2.48. The third-order valence-electron chi connectivity index (χ3n) is 4.16. The number of hydrogen-bond acceptors (Lipinski definition) is 4. The molecule has 104 valence electrons. The number of rotatable bonds is 3. The Hall–Kier alpha value is -0.650. The van der Waals surface area contributed by atoms with E-state index in [-0.39, 0.29) is 0 Å². The van der Waals surface area contributed by atoms with Crippen LogP contribution in [0.1, 0.15) is 6.92 Å². The molecule has 2 unspecified atom stereocenters. The maximum Gasteiger partial charge on any atom is 0.236 e. The number of carbonyl (C=O) groups is 1. The molecule has 1 N–H and O–H groups in total. The first-order valence-corrected chi connectivity index (χ1v) is 6.95. The molecule has 0 radical (unpaired) electrons. The summed E-state index contributed by atoms with van der Waals surface area (Å²) in [6.45, 7) is 8.62. The molecule has 0 aliphatic carbocycles. The zero-order chi connectivity index (χ0) is 13.1. The van der Waals surface area contributed by atoms with Gasteiger partial charge >= 0.3 is 0 Å². The van der Waals surface area contributed by atoms with Gasteiger partial charge in [0.2, 0.25) is 5.91 Å². The first-order valence-electron chi connectivity index (χ1n) is 6.95. The van der Waals surface area contributed by atoms with Crippen molar-refractivity contribution < 1.29 is 4.79 Å². The summed E-state index contributed by atoms with van der Waals surface area (Å²) in [6, 6.07) is 0.511. The third-order valence-corrected chi connectivity index (χ3v) is 4.16. The van der Waals surface area contributed by atoms with Crippen molar-refractivity contribution in [2.24, 2.45) is 5.92 Å². The van der Waals surface area contributed by atoms with Crippen molar-refractivity contribution in [3.8, 4) is 0 Å². The highest BCUT2D eigenvalue weighted by Gasteiger charge is 2.33. The molecule has 2 atom stereocenters. The topological polar surface area (TPSA) is 38.8 Å². The zero-order valence-corrected chi connectivity index (χ0v) is 11.9. The van der Waals surface area contributed by atoms with Gasteiger partial charge in [0.05, 0.1) is 6.54 Å². The summed E-state index contributed by atoms with van der Waals surface area (Å²) in [5, 5.41) is 3.31. The molecule has 2 aliphatic rings. The minimum atomic E-state index is 0.299. The number of likely N-dealkylation sites (N-methyl/N-ethyl adjacent to an activating group) is 1. The van der Waals surface area contributed by atoms with Crippen LogP contribution in [0.4, 0.5) is 0 Å². The molecule has 2 heterocycles. The van der Waals surface area contributed by atoms with Gasteiger partial charge in [-0.25, -0.2) is 0 Å². The Morgan fingerprint density at radius 1 is 1.28 bits per heavy atom. The molecule has 0 spiro atoms. The molecular formula is C13H26N4O. The molecule has 18 heavy (non-hydrogen) atoms. The first-order chi connectivity index (χ1) is 8.58. The largest absolute Gasteiger partial charge is 0.340 e. The van der Waals surface area contributed by atoms with Crippen LogP contribution in [0.5, 0.6) is 0 Å². The molecule has 0 aromatic rings. The number of amides is 1. The van der Waals surface area contributed by atoms with Crippen molar-refractivity contribution in [3.63, 3.8) is 0 Å². The van der Waals surface area contributed by atoms with Crippen molar-refractivity contribution >= 4 is 5.91 Å². The number of carbonyl (C=O) groups excluding carboxylic acids is 1. The van der Waals surface area contributed by atoms with Crippen LogP contribution in [-0.2, 0) is 4.79 Å². The molecule has 5 nitrogen and oxygen atoms in total. The summed E-state index contributed by atoms with van der Waals surface area (Å²) >= 11 is 0. The monoisotopic (exact) mass is 254 g/mol. The Morgan fingerprint density at radius 3 is 2.50 bits per heavy atom. The van der Waals surface area contributed by atoms with Crippen molar-refractivity contribution in [3.05, 3.63) is 0 Å². The smallest absolute Gasteiger partial charge is 0.236 e. The number of nitrogens with one attached hydrogen (secondary N) is 1. The fourth-order valence-electron chi connectivity index (χ4n) is 2.99. The highest BCUT2D eigenvalue weighted by atomic mass is 16.2. The number of piperazine rings is 1. The van der Waals surface area contributed by atoms with E-state index in [2.05, 4.69) is 36.1 Å². The molecule has 2 aliphatic heterocycles. The molecule has 5 heteroatoms. The van der Waals surface area contributed by atoms with E-state index >= 15 is 0 Å². The molecule has 0 bridgehead atoms. The van der Waals surface area contributed by atoms with E-state index in [9.17, 15) is 4.79 Å². The summed E-state index contributed by atoms with van der Waals surface area (Å²) < 4.78 is 0. The van der Waals surface area contributed by atoms with Gasteiger partial charge in [-0.3, -0.25) is 9.69 Å². The lowest BCUT2D eigenvalue weighted by Gasteiger charge is -2.28. The van der Waals surface area contributed by atoms with Crippen LogP contribution in [0.25, 0.3) is 0 Å². The zero-order valence-electron chi connectivity index (χ0n) is 11.9. The molecule has 0 aromatic carbocycles. The Bertz CT molecular complexity index is 289. The minimum absolute atomic E-state index is 0.299. The number of hydrogen-bond donors (Lipinski definition) is 1. The van der Waals surface area contributed by atoms with Crippen molar-refractivity contribution in [1.29, 1.82) is 0 Å². The Labute approximate surface area is 110 Å². The molecular weight excluding hydrogens is 228 g/mol. The van der Waals surface area contributed by atoms with E-state index in [1.165, 1.54) is 0 Å². The van der Waals surface area contributed by atoms with Gasteiger partial charge in [-0.15, -0.1) is 0 Å². The van der Waals surface area contributed by atoms with Gasteiger partial charge in [0.15, 0.2) is 0 Å². The van der Waals surface area contributed by atoms with E-state index in [0.717, 1.165) is 39.3 Å². The average molecular weight is 254 g/mol. The van der Waals surface area contributed by atoms with E-state index in [1.54, 1.807) is 0 Å². The van der Waals surface area contributed by atoms with Gasteiger partial charge in [-0.2, -0.15) is 0 Å². The third kappa shape index (κ3) is 3.22. The molecule has 0 saturated carbocycles. The minimum Gasteiger partial charge on any atom is -0.340 e. The van der Waals surface area contributed by atoms with Crippen molar-refractivity contribution in [2.75, 3.05) is 59.9 Å². The van der Waals surface area contributed by atoms with Crippen LogP contribution in [0.3, 0.4) is 0 Å². The van der Waals surface area contributed by atoms with Crippen LogP contribution in [0, 0.1) is 5.92 Å². The Kier molecular flexibility index (Phi) is 4.59. The summed E-state index contributed by atoms with van der Waals surface area (Å²) in [4.78, 5) is 18.8. The van der Waals surface area contributed by atoms with Crippen LogP contribution < -0.4 is 5.32 Å². The van der Waals surface area contributed by atoms with Gasteiger partial charge in [0.1, 0.15) is 0 Å². The average Bonchev–Trinajstić information content (AvgIpc) is 2.73. The second-order valence-electron chi connectivity index (χ2n) is 5.83. The lowest BCUT2D eigenvalue weighted by atomic mass is 10.1. The SMILES string of the molecule is CC1CN(C(=O)CN2CCNCC2)CC1N(C)C. The molecule has 2 saturated heterocycles. The number of nitrogens with zero attached hydrogens (tertiary/aromatic N) is 3. The van der Waals surface area contributed by atoms with Crippen molar-refractivity contribution in [1.82, 2.24) is 20.0 Å². The predicted octanol–water partition coefficient (Wildman–Crippen LogP) is -0.700. The van der Waals surface area contributed by atoms with Gasteiger partial charge in [0, 0.05) is 45.3 Å². The van der Waals surface area contributed by atoms with E-state index in [1.807, 2.05) is 4.90 Å². The number of likely N-dealkylation sites (tertiary alicyclic amines) is 1. The summed E-state index contributed by atoms with van der Waals surface area (Å²) in [7, 11) is 4.21. The van der Waals surface area contributed by atoms with E-state index in [4.69, 9.17) is 0 Å². The van der Waals surface area contributed by atoms with Crippen LogP contribution in [-0.4, -0.2) is 86.6 Å². The summed E-state index contributed by atoms with van der Waals surface area (Å²) in [5.74, 6) is 0.875. The molecule has 2 fully saturated rings. The fraction of sp³-hybridized carbons (Fsp3) is 0.923. The van der Waals surface area contributed by atoms with E-state index < -0.39 is 0 Å². The summed E-state index contributed by atoms with van der Waals surface area (Å²) in [6.07, 6.45) is 0. The van der Waals surface area contributed by atoms with Gasteiger partial charge in [0.25, 0.3) is 0 Å². The van der Waals surface area contributed by atoms with Gasteiger partial charge in [-0.05, 0) is 20.0 Å². The first kappa shape index (κ1) is 13.8. The van der Waals surface area contributed by atoms with Gasteiger partial charge < -0.3 is 15.1 Å². The molecule has 1 amide bonds. The fourth-order valence-corrected chi connectivity index (χ4v) is 2.99. The quantitative estimate of drug-likeness (QED) is 0.723. The van der Waals surface area contributed by atoms with Crippen molar-refractivity contribution in [2.45, 2.75) is 13.0 Å². The second kappa shape index (κ2) is 5.99. The standard InChI is InChI=1S/C13H26N4O/c1-11-8-17(9-12(11)15(2)3)13(18)10-16-6-4-14-5-7-16/h11-12,14H,4-10H2,1-3H3. The maximum absolute atomic E-state index is 12.3. The predicted molar refractivity (Wildman–Crippen MR) is 72.5 cm³/mol. The highest BCUT2D eigenvalue weighted by Crippen LogP contribution is 2.20. The van der Waals surface area contributed by atoms with Crippen LogP contribution in [0.15, 0.2) is 0 Å². The van der Waals surface area contributed by atoms with Gasteiger partial charge in [-0.1, -0.05) is 6.92 Å². The highest BCUT2D eigenvalue weighted by molar-refractivity contribution is 5.78. The second-order valence-corrected chi connectivity index (χ2v) is 5.83. The van der Waals surface area contributed by atoms with E-state index in [0.29, 0.717) is 24.4 Å². The molecule has 2 rings (SSSR count).